The molecule has 0 radical (unpaired) electrons. The molecule has 1 aliphatic carbocycles. The molecular weight excluding hydrogens is 372 g/mol. The van der Waals surface area contributed by atoms with E-state index >= 15 is 0 Å². The molecule has 0 atom stereocenters. The van der Waals surface area contributed by atoms with Crippen molar-refractivity contribution in [3.05, 3.63) is 39.9 Å². The minimum Gasteiger partial charge on any atom is -0.451 e. The van der Waals surface area contributed by atoms with Crippen molar-refractivity contribution in [1.82, 2.24) is 10.3 Å². The highest BCUT2D eigenvalue weighted by molar-refractivity contribution is 7.17. The van der Waals surface area contributed by atoms with Crippen LogP contribution < -0.4 is 5.32 Å². The van der Waals surface area contributed by atoms with Gasteiger partial charge >= 0.3 is 5.97 Å². The van der Waals surface area contributed by atoms with E-state index in [9.17, 15) is 9.59 Å². The Morgan fingerprint density at radius 3 is 2.62 bits per heavy atom. The Balaban J connectivity index is 1.57. The molecule has 1 heterocycles. The highest BCUT2D eigenvalue weighted by Gasteiger charge is 2.20. The van der Waals surface area contributed by atoms with Crippen molar-refractivity contribution in [3.8, 4) is 10.6 Å². The van der Waals surface area contributed by atoms with Crippen LogP contribution in [0.3, 0.4) is 0 Å². The van der Waals surface area contributed by atoms with Crippen LogP contribution in [0, 0.1) is 6.92 Å². The van der Waals surface area contributed by atoms with Crippen LogP contribution in [-0.4, -0.2) is 29.5 Å². The Bertz CT molecular complexity index is 783. The standard InChI is InChI=1S/C19H21ClN2O3S/c1-12-17(26-18(21-12)13-7-9-14(20)10-8-13)19(24)25-11-16(23)22-15-5-3-2-4-6-15/h7-10,15H,2-6,11H2,1H3,(H,22,23). The Kier molecular flexibility index (Phi) is 6.27. The second kappa shape index (κ2) is 8.64. The zero-order valence-corrected chi connectivity index (χ0v) is 16.2. The minimum atomic E-state index is -0.515. The fourth-order valence-electron chi connectivity index (χ4n) is 3.01. The van der Waals surface area contributed by atoms with Gasteiger partial charge in [0.05, 0.1) is 5.69 Å². The molecule has 1 N–H and O–H groups in total. The van der Waals surface area contributed by atoms with Gasteiger partial charge < -0.3 is 10.1 Å². The van der Waals surface area contributed by atoms with Crippen molar-refractivity contribution >= 4 is 34.8 Å². The second-order valence-corrected chi connectivity index (χ2v) is 7.85. The number of nitrogens with one attached hydrogen (secondary N) is 1. The van der Waals surface area contributed by atoms with Gasteiger partial charge in [0.2, 0.25) is 0 Å². The van der Waals surface area contributed by atoms with Gasteiger partial charge in [-0.25, -0.2) is 9.78 Å². The van der Waals surface area contributed by atoms with Crippen LogP contribution in [0.4, 0.5) is 0 Å². The van der Waals surface area contributed by atoms with Crippen LogP contribution in [0.25, 0.3) is 10.6 Å². The maximum atomic E-state index is 12.3. The first kappa shape index (κ1) is 18.9. The average Bonchev–Trinajstić information content (AvgIpc) is 3.03. The fourth-order valence-corrected chi connectivity index (χ4v) is 4.11. The van der Waals surface area contributed by atoms with Gasteiger partial charge in [-0.3, -0.25) is 4.79 Å². The summed E-state index contributed by atoms with van der Waals surface area (Å²) < 4.78 is 5.18. The zero-order chi connectivity index (χ0) is 18.5. The molecule has 2 aromatic rings. The van der Waals surface area contributed by atoms with Gasteiger partial charge in [-0.05, 0) is 31.9 Å². The maximum absolute atomic E-state index is 12.3. The number of benzene rings is 1. The molecule has 26 heavy (non-hydrogen) atoms. The largest absolute Gasteiger partial charge is 0.451 e. The second-order valence-electron chi connectivity index (χ2n) is 6.42. The summed E-state index contributed by atoms with van der Waals surface area (Å²) in [5.41, 5.74) is 1.48. The number of hydrogen-bond acceptors (Lipinski definition) is 5. The summed E-state index contributed by atoms with van der Waals surface area (Å²) in [6.07, 6.45) is 5.49. The van der Waals surface area contributed by atoms with Crippen LogP contribution in [0.1, 0.15) is 47.5 Å². The van der Waals surface area contributed by atoms with Gasteiger partial charge in [-0.2, -0.15) is 0 Å². The number of esters is 1. The van der Waals surface area contributed by atoms with Crippen LogP contribution in [0.2, 0.25) is 5.02 Å². The molecule has 1 aromatic carbocycles. The van der Waals surface area contributed by atoms with Gasteiger partial charge in [0.1, 0.15) is 9.88 Å². The van der Waals surface area contributed by atoms with Crippen molar-refractivity contribution in [2.24, 2.45) is 0 Å². The summed E-state index contributed by atoms with van der Waals surface area (Å²) in [6.45, 7) is 1.50. The lowest BCUT2D eigenvalue weighted by Gasteiger charge is -2.22. The molecule has 1 amide bonds. The molecule has 0 bridgehead atoms. The number of hydrogen-bond donors (Lipinski definition) is 1. The molecule has 3 rings (SSSR count). The predicted molar refractivity (Wildman–Crippen MR) is 103 cm³/mol. The molecule has 0 aliphatic heterocycles. The molecule has 1 aliphatic rings. The molecule has 1 aromatic heterocycles. The van der Waals surface area contributed by atoms with Crippen molar-refractivity contribution in [1.29, 1.82) is 0 Å². The first-order valence-corrected chi connectivity index (χ1v) is 9.92. The Labute approximate surface area is 161 Å². The molecule has 5 nitrogen and oxygen atoms in total. The van der Waals surface area contributed by atoms with Crippen LogP contribution in [0.5, 0.6) is 0 Å². The number of aryl methyl sites for hydroxylation is 1. The number of carbonyl (C=O) groups is 2. The highest BCUT2D eigenvalue weighted by Crippen LogP contribution is 2.29. The molecule has 1 fully saturated rings. The van der Waals surface area contributed by atoms with E-state index in [1.165, 1.54) is 17.8 Å². The van der Waals surface area contributed by atoms with Crippen LogP contribution in [-0.2, 0) is 9.53 Å². The van der Waals surface area contributed by atoms with Crippen LogP contribution in [0.15, 0.2) is 24.3 Å². The molecule has 0 unspecified atom stereocenters. The SMILES string of the molecule is Cc1nc(-c2ccc(Cl)cc2)sc1C(=O)OCC(=O)NC1CCCCC1. The summed E-state index contributed by atoms with van der Waals surface area (Å²) in [5, 5.41) is 4.30. The third kappa shape index (κ3) is 4.83. The monoisotopic (exact) mass is 392 g/mol. The lowest BCUT2D eigenvalue weighted by atomic mass is 9.95. The van der Waals surface area contributed by atoms with E-state index in [0.29, 0.717) is 15.6 Å². The molecular formula is C19H21ClN2O3S. The summed E-state index contributed by atoms with van der Waals surface area (Å²) in [7, 11) is 0. The van der Waals surface area contributed by atoms with E-state index in [4.69, 9.17) is 16.3 Å². The lowest BCUT2D eigenvalue weighted by Crippen LogP contribution is -2.38. The van der Waals surface area contributed by atoms with Gasteiger partial charge in [-0.15, -0.1) is 11.3 Å². The molecule has 0 spiro atoms. The first-order valence-electron chi connectivity index (χ1n) is 8.73. The molecule has 0 saturated heterocycles. The average molecular weight is 393 g/mol. The highest BCUT2D eigenvalue weighted by atomic mass is 35.5. The number of rotatable bonds is 5. The van der Waals surface area contributed by atoms with Gasteiger partial charge in [0.15, 0.2) is 6.61 Å². The first-order chi connectivity index (χ1) is 12.5. The topological polar surface area (TPSA) is 68.3 Å². The summed E-state index contributed by atoms with van der Waals surface area (Å²) in [6, 6.07) is 7.47. The van der Waals surface area contributed by atoms with E-state index in [1.807, 2.05) is 12.1 Å². The Morgan fingerprint density at radius 2 is 1.92 bits per heavy atom. The smallest absolute Gasteiger partial charge is 0.350 e. The Hall–Kier alpha value is -1.92. The predicted octanol–water partition coefficient (Wildman–Crippen LogP) is 4.38. The normalized spacial score (nSPS) is 14.8. The number of halogens is 1. The van der Waals surface area contributed by atoms with Gasteiger partial charge in [-0.1, -0.05) is 43.0 Å². The van der Waals surface area contributed by atoms with E-state index in [-0.39, 0.29) is 18.6 Å². The van der Waals surface area contributed by atoms with E-state index < -0.39 is 5.97 Å². The third-order valence-corrected chi connectivity index (χ3v) is 5.82. The van der Waals surface area contributed by atoms with Crippen molar-refractivity contribution in [2.45, 2.75) is 45.1 Å². The quantitative estimate of drug-likeness (QED) is 0.767. The lowest BCUT2D eigenvalue weighted by molar-refractivity contribution is -0.125. The van der Waals surface area contributed by atoms with Gasteiger partial charge in [0, 0.05) is 16.6 Å². The van der Waals surface area contributed by atoms with Crippen LogP contribution >= 0.6 is 22.9 Å². The fraction of sp³-hybridized carbons (Fsp3) is 0.421. The number of ether oxygens (including phenoxy) is 1. The number of aromatic nitrogens is 1. The molecule has 138 valence electrons. The van der Waals surface area contributed by atoms with Crippen molar-refractivity contribution < 1.29 is 14.3 Å². The van der Waals surface area contributed by atoms with E-state index in [0.717, 1.165) is 36.3 Å². The summed E-state index contributed by atoms with van der Waals surface area (Å²) >= 11 is 7.15. The summed E-state index contributed by atoms with van der Waals surface area (Å²) in [4.78, 5) is 29.1. The Morgan fingerprint density at radius 1 is 1.23 bits per heavy atom. The van der Waals surface area contributed by atoms with Crippen molar-refractivity contribution in [3.63, 3.8) is 0 Å². The number of amides is 1. The van der Waals surface area contributed by atoms with Crippen molar-refractivity contribution in [2.75, 3.05) is 6.61 Å². The zero-order valence-electron chi connectivity index (χ0n) is 14.6. The molecule has 1 saturated carbocycles. The number of nitrogens with zero attached hydrogens (tertiary/aromatic N) is 1. The minimum absolute atomic E-state index is 0.205. The third-order valence-electron chi connectivity index (χ3n) is 4.38. The van der Waals surface area contributed by atoms with E-state index in [1.54, 1.807) is 19.1 Å². The van der Waals surface area contributed by atoms with E-state index in [2.05, 4.69) is 10.3 Å². The number of carbonyl (C=O) groups excluding carboxylic acids is 2. The molecule has 7 heteroatoms. The maximum Gasteiger partial charge on any atom is 0.350 e. The number of thiazole rings is 1. The summed E-state index contributed by atoms with van der Waals surface area (Å²) in [5.74, 6) is -0.760. The van der Waals surface area contributed by atoms with Gasteiger partial charge in [0.25, 0.3) is 5.91 Å².